The Balaban J connectivity index is 1.60. The number of nitrogens with one attached hydrogen (secondary N) is 1. The van der Waals surface area contributed by atoms with E-state index in [1.165, 1.54) is 11.1 Å². The molecule has 126 valence electrons. The van der Waals surface area contributed by atoms with Gasteiger partial charge >= 0.3 is 0 Å². The van der Waals surface area contributed by atoms with Gasteiger partial charge in [0.1, 0.15) is 0 Å². The Morgan fingerprint density at radius 1 is 1.26 bits per heavy atom. The summed E-state index contributed by atoms with van der Waals surface area (Å²) in [6.45, 7) is 7.05. The van der Waals surface area contributed by atoms with Crippen LogP contribution in [-0.4, -0.2) is 35.0 Å². The first-order valence-corrected chi connectivity index (χ1v) is 8.80. The number of carbonyl (C=O) groups excluding carboxylic acids is 1. The SMILES string of the molecule is CC(C)(CNC(=O)C1(N)CCCC1)N1CCc2ccccc2C1. The maximum absolute atomic E-state index is 12.4. The third-order valence-corrected chi connectivity index (χ3v) is 5.62. The lowest BCUT2D eigenvalue weighted by Crippen LogP contribution is -2.58. The van der Waals surface area contributed by atoms with Crippen LogP contribution < -0.4 is 11.1 Å². The first kappa shape index (κ1) is 16.5. The van der Waals surface area contributed by atoms with E-state index >= 15 is 0 Å². The largest absolute Gasteiger partial charge is 0.353 e. The lowest BCUT2D eigenvalue weighted by atomic mass is 9.93. The highest BCUT2D eigenvalue weighted by Crippen LogP contribution is 2.28. The van der Waals surface area contributed by atoms with Crippen molar-refractivity contribution in [2.24, 2.45) is 5.73 Å². The quantitative estimate of drug-likeness (QED) is 0.895. The second-order valence-electron chi connectivity index (χ2n) is 7.80. The fourth-order valence-electron chi connectivity index (χ4n) is 3.83. The van der Waals surface area contributed by atoms with Crippen LogP contribution in [0.25, 0.3) is 0 Å². The van der Waals surface area contributed by atoms with E-state index in [1.54, 1.807) is 0 Å². The molecular weight excluding hydrogens is 286 g/mol. The summed E-state index contributed by atoms with van der Waals surface area (Å²) in [5.41, 5.74) is 8.40. The zero-order chi connectivity index (χ0) is 16.5. The van der Waals surface area contributed by atoms with Gasteiger partial charge in [0.15, 0.2) is 0 Å². The first-order valence-electron chi connectivity index (χ1n) is 8.80. The van der Waals surface area contributed by atoms with Crippen LogP contribution in [0.1, 0.15) is 50.7 Å². The summed E-state index contributed by atoms with van der Waals surface area (Å²) in [5, 5.41) is 3.12. The van der Waals surface area contributed by atoms with Crippen molar-refractivity contribution in [2.75, 3.05) is 13.1 Å². The topological polar surface area (TPSA) is 58.4 Å². The molecule has 0 saturated heterocycles. The van der Waals surface area contributed by atoms with Crippen LogP contribution in [0.2, 0.25) is 0 Å². The molecule has 0 unspecified atom stereocenters. The number of amides is 1. The molecule has 1 fully saturated rings. The number of rotatable bonds is 4. The van der Waals surface area contributed by atoms with Crippen LogP contribution in [0.3, 0.4) is 0 Å². The molecule has 3 N–H and O–H groups in total. The number of nitrogens with two attached hydrogens (primary N) is 1. The van der Waals surface area contributed by atoms with Gasteiger partial charge in [-0.25, -0.2) is 0 Å². The van der Waals surface area contributed by atoms with Crippen molar-refractivity contribution in [3.63, 3.8) is 0 Å². The van der Waals surface area contributed by atoms with Crippen molar-refractivity contribution in [1.29, 1.82) is 0 Å². The van der Waals surface area contributed by atoms with Crippen molar-refractivity contribution in [2.45, 2.75) is 63.6 Å². The van der Waals surface area contributed by atoms with Gasteiger partial charge in [-0.3, -0.25) is 9.69 Å². The van der Waals surface area contributed by atoms with Crippen LogP contribution in [0.15, 0.2) is 24.3 Å². The second kappa shape index (κ2) is 6.25. The Hall–Kier alpha value is -1.39. The molecule has 1 amide bonds. The molecular formula is C19H29N3O. The molecule has 0 bridgehead atoms. The molecule has 0 spiro atoms. The smallest absolute Gasteiger partial charge is 0.240 e. The van der Waals surface area contributed by atoms with Crippen LogP contribution in [0.5, 0.6) is 0 Å². The molecule has 4 nitrogen and oxygen atoms in total. The molecule has 1 heterocycles. The molecule has 2 aliphatic rings. The van der Waals surface area contributed by atoms with Gasteiger partial charge in [0, 0.05) is 25.2 Å². The number of carbonyl (C=O) groups is 1. The van der Waals surface area contributed by atoms with E-state index in [0.29, 0.717) is 6.54 Å². The molecule has 23 heavy (non-hydrogen) atoms. The first-order chi connectivity index (χ1) is 10.9. The Morgan fingerprint density at radius 3 is 2.61 bits per heavy atom. The highest BCUT2D eigenvalue weighted by molar-refractivity contribution is 5.86. The monoisotopic (exact) mass is 315 g/mol. The Kier molecular flexibility index (Phi) is 4.47. The number of hydrogen-bond acceptors (Lipinski definition) is 3. The standard InChI is InChI=1S/C19H29N3O/c1-18(2,14-21-17(23)19(20)10-5-6-11-19)22-12-9-15-7-3-4-8-16(15)13-22/h3-4,7-8H,5-6,9-14,20H2,1-2H3,(H,21,23). The van der Waals surface area contributed by atoms with Crippen molar-refractivity contribution < 1.29 is 4.79 Å². The van der Waals surface area contributed by atoms with Gasteiger partial charge in [0.2, 0.25) is 5.91 Å². The zero-order valence-electron chi connectivity index (χ0n) is 14.4. The average Bonchev–Trinajstić information content (AvgIpc) is 3.00. The summed E-state index contributed by atoms with van der Waals surface area (Å²) in [6.07, 6.45) is 4.84. The van der Waals surface area contributed by atoms with E-state index in [0.717, 1.165) is 45.2 Å². The molecule has 0 radical (unpaired) electrons. The van der Waals surface area contributed by atoms with E-state index in [-0.39, 0.29) is 11.4 Å². The molecule has 1 saturated carbocycles. The van der Waals surface area contributed by atoms with Gasteiger partial charge < -0.3 is 11.1 Å². The second-order valence-corrected chi connectivity index (χ2v) is 7.80. The fourth-order valence-corrected chi connectivity index (χ4v) is 3.83. The molecule has 1 aliphatic carbocycles. The van der Waals surface area contributed by atoms with Crippen molar-refractivity contribution in [3.05, 3.63) is 35.4 Å². The summed E-state index contributed by atoms with van der Waals surface area (Å²) in [6, 6.07) is 8.65. The highest BCUT2D eigenvalue weighted by Gasteiger charge is 2.38. The molecule has 0 aromatic heterocycles. The summed E-state index contributed by atoms with van der Waals surface area (Å²) < 4.78 is 0. The van der Waals surface area contributed by atoms with Gasteiger partial charge in [-0.15, -0.1) is 0 Å². The molecule has 0 atom stereocenters. The van der Waals surface area contributed by atoms with Crippen molar-refractivity contribution in [3.8, 4) is 0 Å². The summed E-state index contributed by atoms with van der Waals surface area (Å²) >= 11 is 0. The minimum atomic E-state index is -0.634. The molecule has 4 heteroatoms. The zero-order valence-corrected chi connectivity index (χ0v) is 14.4. The highest BCUT2D eigenvalue weighted by atomic mass is 16.2. The third-order valence-electron chi connectivity index (χ3n) is 5.62. The minimum Gasteiger partial charge on any atom is -0.353 e. The number of fused-ring (bicyclic) bond motifs is 1. The number of benzene rings is 1. The fraction of sp³-hybridized carbons (Fsp3) is 0.632. The van der Waals surface area contributed by atoms with E-state index in [9.17, 15) is 4.79 Å². The predicted octanol–water partition coefficient (Wildman–Crippen LogP) is 2.21. The summed E-state index contributed by atoms with van der Waals surface area (Å²) in [4.78, 5) is 14.9. The molecule has 3 rings (SSSR count). The normalized spacial score (nSPS) is 21.0. The lowest BCUT2D eigenvalue weighted by Gasteiger charge is -2.42. The van der Waals surface area contributed by atoms with Crippen LogP contribution in [0, 0.1) is 0 Å². The Morgan fingerprint density at radius 2 is 1.91 bits per heavy atom. The van der Waals surface area contributed by atoms with Gasteiger partial charge in [-0.05, 0) is 44.2 Å². The molecule has 1 aliphatic heterocycles. The maximum Gasteiger partial charge on any atom is 0.240 e. The van der Waals surface area contributed by atoms with Crippen LogP contribution in [-0.2, 0) is 17.8 Å². The Bertz CT molecular complexity index is 576. The maximum atomic E-state index is 12.4. The molecule has 1 aromatic carbocycles. The van der Waals surface area contributed by atoms with Crippen molar-refractivity contribution >= 4 is 5.91 Å². The lowest BCUT2D eigenvalue weighted by molar-refractivity contribution is -0.126. The average molecular weight is 315 g/mol. The van der Waals surface area contributed by atoms with Gasteiger partial charge in [-0.2, -0.15) is 0 Å². The third kappa shape index (κ3) is 3.43. The van der Waals surface area contributed by atoms with Gasteiger partial charge in [0.25, 0.3) is 0 Å². The Labute approximate surface area is 139 Å². The summed E-state index contributed by atoms with van der Waals surface area (Å²) in [5.74, 6) is 0.0282. The summed E-state index contributed by atoms with van der Waals surface area (Å²) in [7, 11) is 0. The number of nitrogens with zero attached hydrogens (tertiary/aromatic N) is 1. The van der Waals surface area contributed by atoms with E-state index in [1.807, 2.05) is 0 Å². The van der Waals surface area contributed by atoms with Gasteiger partial charge in [0.05, 0.1) is 5.54 Å². The van der Waals surface area contributed by atoms with E-state index in [4.69, 9.17) is 5.73 Å². The van der Waals surface area contributed by atoms with Crippen molar-refractivity contribution in [1.82, 2.24) is 10.2 Å². The molecule has 1 aromatic rings. The number of hydrogen-bond donors (Lipinski definition) is 2. The minimum absolute atomic E-state index is 0.0282. The van der Waals surface area contributed by atoms with E-state index in [2.05, 4.69) is 48.3 Å². The predicted molar refractivity (Wildman–Crippen MR) is 93.0 cm³/mol. The van der Waals surface area contributed by atoms with E-state index < -0.39 is 5.54 Å². The van der Waals surface area contributed by atoms with Gasteiger partial charge in [-0.1, -0.05) is 37.1 Å². The van der Waals surface area contributed by atoms with Crippen LogP contribution >= 0.6 is 0 Å². The van der Waals surface area contributed by atoms with Crippen LogP contribution in [0.4, 0.5) is 0 Å².